The van der Waals surface area contributed by atoms with Crippen molar-refractivity contribution in [2.24, 2.45) is 5.92 Å². The second kappa shape index (κ2) is 10.6. The molecule has 0 bridgehead atoms. The topological polar surface area (TPSA) is 93.9 Å². The summed E-state index contributed by atoms with van der Waals surface area (Å²) >= 11 is 0. The minimum Gasteiger partial charge on any atom is -0.399 e. The SMILES string of the molecule is Nc1ccc(N2CCN(CC3CCN(c4cccc(NC5CCC(=O)NC5=O)c4)CC3)CC2)cc1. The van der Waals surface area contributed by atoms with Crippen molar-refractivity contribution in [2.75, 3.05) is 66.7 Å². The zero-order valence-electron chi connectivity index (χ0n) is 20.3. The first-order chi connectivity index (χ1) is 17.0. The molecular weight excluding hydrogens is 440 g/mol. The molecule has 2 amide bonds. The summed E-state index contributed by atoms with van der Waals surface area (Å²) in [7, 11) is 0. The highest BCUT2D eigenvalue weighted by molar-refractivity contribution is 6.01. The van der Waals surface area contributed by atoms with Gasteiger partial charge in [-0.3, -0.25) is 19.8 Å². The molecule has 8 heteroatoms. The van der Waals surface area contributed by atoms with E-state index in [1.54, 1.807) is 0 Å². The molecular formula is C27H36N6O2. The number of carbonyl (C=O) groups is 2. The molecule has 5 rings (SSSR count). The summed E-state index contributed by atoms with van der Waals surface area (Å²) in [5, 5.41) is 5.72. The van der Waals surface area contributed by atoms with Crippen LogP contribution in [0.25, 0.3) is 0 Å². The standard InChI is InChI=1S/C27H36N6O2/c28-21-4-6-23(7-5-21)33-16-14-31(15-17-33)19-20-10-12-32(13-11-20)24-3-1-2-22(18-24)29-25-8-9-26(34)30-27(25)35/h1-7,18,20,25,29H,8-17,19,28H2,(H,30,34,35). The summed E-state index contributed by atoms with van der Waals surface area (Å²) in [6, 6.07) is 16.2. The van der Waals surface area contributed by atoms with Crippen molar-refractivity contribution in [3.8, 4) is 0 Å². The minimum atomic E-state index is -0.353. The second-order valence-electron chi connectivity index (χ2n) is 10.0. The Morgan fingerprint density at radius 2 is 1.57 bits per heavy atom. The molecule has 8 nitrogen and oxygen atoms in total. The molecule has 2 aromatic rings. The van der Waals surface area contributed by atoms with E-state index in [0.29, 0.717) is 12.8 Å². The van der Waals surface area contributed by atoms with Crippen LogP contribution < -0.4 is 26.2 Å². The fourth-order valence-electron chi connectivity index (χ4n) is 5.44. The average Bonchev–Trinajstić information content (AvgIpc) is 2.87. The Bertz CT molecular complexity index is 1030. The Morgan fingerprint density at radius 3 is 2.29 bits per heavy atom. The molecule has 1 unspecified atom stereocenters. The number of nitrogens with two attached hydrogens (primary N) is 1. The number of piperidine rings is 2. The molecule has 0 aliphatic carbocycles. The molecule has 0 radical (unpaired) electrons. The van der Waals surface area contributed by atoms with Crippen LogP contribution >= 0.6 is 0 Å². The minimum absolute atomic E-state index is 0.187. The molecule has 3 heterocycles. The lowest BCUT2D eigenvalue weighted by Crippen LogP contribution is -2.49. The average molecular weight is 477 g/mol. The monoisotopic (exact) mass is 476 g/mol. The Labute approximate surface area is 207 Å². The van der Waals surface area contributed by atoms with Gasteiger partial charge in [-0.25, -0.2) is 0 Å². The molecule has 186 valence electrons. The number of piperazine rings is 1. The first-order valence-electron chi connectivity index (χ1n) is 12.8. The summed E-state index contributed by atoms with van der Waals surface area (Å²) in [6.07, 6.45) is 3.31. The number of nitrogens with one attached hydrogen (secondary N) is 2. The number of imide groups is 1. The largest absolute Gasteiger partial charge is 0.399 e. The number of rotatable bonds is 6. The fraction of sp³-hybridized carbons (Fsp3) is 0.481. The van der Waals surface area contributed by atoms with Gasteiger partial charge in [-0.15, -0.1) is 0 Å². The summed E-state index contributed by atoms with van der Waals surface area (Å²) < 4.78 is 0. The molecule has 3 saturated heterocycles. The molecule has 3 fully saturated rings. The van der Waals surface area contributed by atoms with E-state index >= 15 is 0 Å². The van der Waals surface area contributed by atoms with E-state index in [1.807, 2.05) is 24.3 Å². The Hall–Kier alpha value is -3.26. The fourth-order valence-corrected chi connectivity index (χ4v) is 5.44. The van der Waals surface area contributed by atoms with Gasteiger partial charge < -0.3 is 20.9 Å². The second-order valence-corrected chi connectivity index (χ2v) is 10.0. The predicted octanol–water partition coefficient (Wildman–Crippen LogP) is 2.52. The van der Waals surface area contributed by atoms with E-state index in [4.69, 9.17) is 5.73 Å². The van der Waals surface area contributed by atoms with E-state index in [1.165, 1.54) is 30.8 Å². The van der Waals surface area contributed by atoms with Crippen LogP contribution in [0.2, 0.25) is 0 Å². The van der Waals surface area contributed by atoms with Gasteiger partial charge in [0.2, 0.25) is 11.8 Å². The molecule has 4 N–H and O–H groups in total. The van der Waals surface area contributed by atoms with Crippen LogP contribution in [0.3, 0.4) is 0 Å². The maximum atomic E-state index is 12.1. The van der Waals surface area contributed by atoms with E-state index in [2.05, 4.69) is 49.6 Å². The predicted molar refractivity (Wildman–Crippen MR) is 141 cm³/mol. The number of nitrogens with zero attached hydrogens (tertiary/aromatic N) is 3. The van der Waals surface area contributed by atoms with Crippen LogP contribution in [0.5, 0.6) is 0 Å². The molecule has 1 atom stereocenters. The molecule has 2 aromatic carbocycles. The van der Waals surface area contributed by atoms with Crippen LogP contribution in [-0.4, -0.2) is 68.6 Å². The number of anilines is 4. The van der Waals surface area contributed by atoms with Gasteiger partial charge >= 0.3 is 0 Å². The van der Waals surface area contributed by atoms with E-state index < -0.39 is 0 Å². The number of benzene rings is 2. The van der Waals surface area contributed by atoms with Gasteiger partial charge in [-0.1, -0.05) is 6.07 Å². The third-order valence-corrected chi connectivity index (χ3v) is 7.55. The van der Waals surface area contributed by atoms with E-state index in [9.17, 15) is 9.59 Å². The number of amides is 2. The first kappa shape index (κ1) is 23.5. The lowest BCUT2D eigenvalue weighted by molar-refractivity contribution is -0.133. The lowest BCUT2D eigenvalue weighted by Gasteiger charge is -2.40. The Balaban J connectivity index is 1.08. The number of nitrogen functional groups attached to an aromatic ring is 1. The first-order valence-corrected chi connectivity index (χ1v) is 12.8. The van der Waals surface area contributed by atoms with Crippen LogP contribution in [0.15, 0.2) is 48.5 Å². The summed E-state index contributed by atoms with van der Waals surface area (Å²) in [5.41, 5.74) is 10.0. The molecule has 35 heavy (non-hydrogen) atoms. The van der Waals surface area contributed by atoms with Gasteiger partial charge in [-0.2, -0.15) is 0 Å². The van der Waals surface area contributed by atoms with Crippen LogP contribution in [0.4, 0.5) is 22.7 Å². The van der Waals surface area contributed by atoms with E-state index in [0.717, 1.165) is 56.6 Å². The molecule has 0 saturated carbocycles. The summed E-state index contributed by atoms with van der Waals surface area (Å²) in [6.45, 7) is 7.64. The van der Waals surface area contributed by atoms with Crippen molar-refractivity contribution in [1.29, 1.82) is 0 Å². The maximum absolute atomic E-state index is 12.1. The van der Waals surface area contributed by atoms with Gasteiger partial charge in [0.15, 0.2) is 0 Å². The zero-order valence-corrected chi connectivity index (χ0v) is 20.3. The Kier molecular flexibility index (Phi) is 7.08. The van der Waals surface area contributed by atoms with E-state index in [-0.39, 0.29) is 17.9 Å². The van der Waals surface area contributed by atoms with Crippen molar-refractivity contribution in [1.82, 2.24) is 10.2 Å². The Morgan fingerprint density at radius 1 is 0.857 bits per heavy atom. The van der Waals surface area contributed by atoms with Crippen LogP contribution in [-0.2, 0) is 9.59 Å². The van der Waals surface area contributed by atoms with Gasteiger partial charge in [0.05, 0.1) is 0 Å². The van der Waals surface area contributed by atoms with Gasteiger partial charge in [-0.05, 0) is 67.6 Å². The van der Waals surface area contributed by atoms with Crippen molar-refractivity contribution in [2.45, 2.75) is 31.7 Å². The zero-order chi connectivity index (χ0) is 24.2. The highest BCUT2D eigenvalue weighted by Crippen LogP contribution is 2.27. The van der Waals surface area contributed by atoms with Crippen molar-refractivity contribution in [3.05, 3.63) is 48.5 Å². The number of carbonyl (C=O) groups excluding carboxylic acids is 2. The highest BCUT2D eigenvalue weighted by atomic mass is 16.2. The quantitative estimate of drug-likeness (QED) is 0.436. The number of hydrogen-bond acceptors (Lipinski definition) is 7. The molecule has 0 spiro atoms. The third-order valence-electron chi connectivity index (χ3n) is 7.55. The highest BCUT2D eigenvalue weighted by Gasteiger charge is 2.27. The van der Waals surface area contributed by atoms with Gasteiger partial charge in [0.1, 0.15) is 6.04 Å². The number of hydrogen-bond donors (Lipinski definition) is 3. The maximum Gasteiger partial charge on any atom is 0.249 e. The summed E-state index contributed by atoms with van der Waals surface area (Å²) in [5.74, 6) is 0.314. The normalized spacial score (nSPS) is 22.2. The van der Waals surface area contributed by atoms with Crippen LogP contribution in [0.1, 0.15) is 25.7 Å². The van der Waals surface area contributed by atoms with Crippen molar-refractivity contribution >= 4 is 34.6 Å². The van der Waals surface area contributed by atoms with Crippen LogP contribution in [0, 0.1) is 5.92 Å². The molecule has 0 aromatic heterocycles. The van der Waals surface area contributed by atoms with Crippen molar-refractivity contribution in [3.63, 3.8) is 0 Å². The lowest BCUT2D eigenvalue weighted by atomic mass is 9.95. The third kappa shape index (κ3) is 5.88. The molecule has 3 aliphatic heterocycles. The smallest absolute Gasteiger partial charge is 0.249 e. The van der Waals surface area contributed by atoms with Gasteiger partial charge in [0.25, 0.3) is 0 Å². The summed E-state index contributed by atoms with van der Waals surface area (Å²) in [4.78, 5) is 31.0. The molecule has 3 aliphatic rings. The van der Waals surface area contributed by atoms with Crippen molar-refractivity contribution < 1.29 is 9.59 Å². The van der Waals surface area contributed by atoms with Gasteiger partial charge in [0, 0.05) is 75.0 Å².